The van der Waals surface area contributed by atoms with Gasteiger partial charge < -0.3 is 15.4 Å². The Balaban J connectivity index is 0.000000471. The molecule has 1 heterocycles. The van der Waals surface area contributed by atoms with Crippen LogP contribution in [0, 0.1) is 0 Å². The van der Waals surface area contributed by atoms with Crippen LogP contribution in [0.3, 0.4) is 0 Å². The Kier molecular flexibility index (Phi) is 5.99. The summed E-state index contributed by atoms with van der Waals surface area (Å²) in [7, 11) is -3.67. The van der Waals surface area contributed by atoms with Gasteiger partial charge in [0.2, 0.25) is 0 Å². The summed E-state index contributed by atoms with van der Waals surface area (Å²) >= 11 is 0. The fraction of sp³-hybridized carbons (Fsp3) is 0.100. The highest BCUT2D eigenvalue weighted by atomic mass is 32.2. The zero-order valence-electron chi connectivity index (χ0n) is 9.82. The Morgan fingerprint density at radius 1 is 1.37 bits per heavy atom. The average Bonchev–Trinajstić information content (AvgIpc) is 2.26. The van der Waals surface area contributed by atoms with E-state index >= 15 is 0 Å². The molecular formula is C10H13NO7S. The van der Waals surface area contributed by atoms with Crippen LogP contribution in [0.5, 0.6) is 5.75 Å². The molecule has 0 unspecified atom stereocenters. The Morgan fingerprint density at radius 2 is 1.95 bits per heavy atom. The summed E-state index contributed by atoms with van der Waals surface area (Å²) in [6.45, 7) is 0. The maximum absolute atomic E-state index is 10.6. The van der Waals surface area contributed by atoms with Crippen LogP contribution in [-0.4, -0.2) is 35.8 Å². The summed E-state index contributed by atoms with van der Waals surface area (Å²) in [5, 5.41) is 8.71. The lowest BCUT2D eigenvalue weighted by molar-refractivity contribution is 0.0696. The maximum Gasteiger partial charge on any atom is 0.335 e. The smallest absolute Gasteiger partial charge is 0.335 e. The molecule has 19 heavy (non-hydrogen) atoms. The van der Waals surface area contributed by atoms with E-state index < -0.39 is 16.1 Å². The molecule has 106 valence electrons. The first-order chi connectivity index (χ1) is 8.27. The van der Waals surface area contributed by atoms with Gasteiger partial charge in [0.25, 0.3) is 10.1 Å². The lowest BCUT2D eigenvalue weighted by atomic mass is 10.1. The summed E-state index contributed by atoms with van der Waals surface area (Å²) in [6.07, 6.45) is 4.08. The zero-order valence-corrected chi connectivity index (χ0v) is 10.6. The molecule has 1 aliphatic rings. The van der Waals surface area contributed by atoms with Crippen LogP contribution in [0.1, 0.15) is 15.9 Å². The maximum atomic E-state index is 10.6. The molecule has 2 rings (SSSR count). The second-order valence-corrected chi connectivity index (χ2v) is 4.81. The van der Waals surface area contributed by atoms with E-state index in [9.17, 15) is 13.2 Å². The first-order valence-electron chi connectivity index (χ1n) is 4.66. The van der Waals surface area contributed by atoms with E-state index in [1.165, 1.54) is 6.07 Å². The first-order valence-corrected chi connectivity index (χ1v) is 6.51. The molecule has 9 heteroatoms. The van der Waals surface area contributed by atoms with Crippen molar-refractivity contribution >= 4 is 22.2 Å². The third-order valence-electron chi connectivity index (χ3n) is 1.76. The number of hydrogen-bond donors (Lipinski definition) is 3. The normalized spacial score (nSPS) is 11.7. The Morgan fingerprint density at radius 3 is 2.47 bits per heavy atom. The molecular weight excluding hydrogens is 278 g/mol. The van der Waals surface area contributed by atoms with Crippen molar-refractivity contribution in [3.63, 3.8) is 0 Å². The van der Waals surface area contributed by atoms with E-state index in [-0.39, 0.29) is 11.0 Å². The Hall–Kier alpha value is -2.10. The van der Waals surface area contributed by atoms with Crippen LogP contribution in [0.2, 0.25) is 0 Å². The van der Waals surface area contributed by atoms with E-state index in [4.69, 9.17) is 14.5 Å². The molecule has 1 aliphatic heterocycles. The van der Waals surface area contributed by atoms with Gasteiger partial charge in [-0.2, -0.15) is 8.42 Å². The van der Waals surface area contributed by atoms with Crippen molar-refractivity contribution in [2.75, 3.05) is 6.26 Å². The van der Waals surface area contributed by atoms with E-state index in [0.29, 0.717) is 12.0 Å². The van der Waals surface area contributed by atoms with Crippen molar-refractivity contribution in [1.82, 2.24) is 5.48 Å². The summed E-state index contributed by atoms with van der Waals surface area (Å²) in [4.78, 5) is 15.6. The van der Waals surface area contributed by atoms with Gasteiger partial charge in [-0.3, -0.25) is 4.55 Å². The highest BCUT2D eigenvalue weighted by Gasteiger charge is 2.09. The third-order valence-corrected chi connectivity index (χ3v) is 1.76. The molecule has 0 atom stereocenters. The summed E-state index contributed by atoms with van der Waals surface area (Å²) in [5.74, 6) is -0.303. The van der Waals surface area contributed by atoms with Gasteiger partial charge in [0, 0.05) is 11.8 Å². The van der Waals surface area contributed by atoms with Gasteiger partial charge in [0.15, 0.2) is 5.75 Å². The monoisotopic (exact) mass is 291 g/mol. The van der Waals surface area contributed by atoms with E-state index in [1.807, 2.05) is 0 Å². The van der Waals surface area contributed by atoms with E-state index in [2.05, 4.69) is 5.48 Å². The molecule has 8 nitrogen and oxygen atoms in total. The number of hydrogen-bond acceptors (Lipinski definition) is 5. The zero-order chi connectivity index (χ0) is 13.8. The number of aromatic carboxylic acids is 1. The number of carboxylic acids is 1. The van der Waals surface area contributed by atoms with E-state index in [0.717, 1.165) is 5.56 Å². The minimum absolute atomic E-state index is 0. The lowest BCUT2D eigenvalue weighted by Gasteiger charge is -2.12. The molecule has 1 aromatic carbocycles. The highest BCUT2D eigenvalue weighted by Crippen LogP contribution is 2.22. The number of rotatable bonds is 1. The SMILES string of the molecule is CS(=O)(=O)O.O.O=C(O)c1ccc2c(c1)C=CNO2. The first kappa shape index (κ1) is 16.9. The molecule has 0 saturated carbocycles. The second-order valence-electron chi connectivity index (χ2n) is 3.34. The van der Waals surface area contributed by atoms with Gasteiger partial charge in [0.1, 0.15) is 0 Å². The quantitative estimate of drug-likeness (QED) is 0.614. The van der Waals surface area contributed by atoms with Crippen molar-refractivity contribution in [2.24, 2.45) is 0 Å². The Labute approximate surface area is 109 Å². The molecule has 1 aromatic rings. The highest BCUT2D eigenvalue weighted by molar-refractivity contribution is 7.85. The number of carboxylic acid groups (broad SMARTS) is 1. The topological polar surface area (TPSA) is 144 Å². The number of nitrogens with one attached hydrogen (secondary N) is 1. The van der Waals surface area contributed by atoms with Crippen LogP contribution in [0.4, 0.5) is 0 Å². The summed E-state index contributed by atoms with van der Waals surface area (Å²) in [6, 6.07) is 4.69. The minimum atomic E-state index is -3.67. The average molecular weight is 291 g/mol. The number of carbonyl (C=O) groups is 1. The Bertz CT molecular complexity index is 572. The van der Waals surface area contributed by atoms with Gasteiger partial charge in [0.05, 0.1) is 11.8 Å². The van der Waals surface area contributed by atoms with Crippen LogP contribution < -0.4 is 10.3 Å². The number of benzene rings is 1. The largest absolute Gasteiger partial charge is 0.478 e. The molecule has 0 amide bonds. The van der Waals surface area contributed by atoms with Crippen LogP contribution in [0.15, 0.2) is 24.4 Å². The molecule has 0 spiro atoms. The standard InChI is InChI=1S/C9H7NO3.CH4O3S.H2O/c11-9(12)7-1-2-8-6(5-7)3-4-10-13-8;1-5(2,3)4;/h1-5,10H,(H,11,12);1H3,(H,2,3,4);1H2. The van der Waals surface area contributed by atoms with Crippen molar-refractivity contribution in [2.45, 2.75) is 0 Å². The molecule has 0 aromatic heterocycles. The minimum Gasteiger partial charge on any atom is -0.478 e. The van der Waals surface area contributed by atoms with Gasteiger partial charge in [-0.05, 0) is 24.3 Å². The molecule has 5 N–H and O–H groups in total. The predicted octanol–water partition coefficient (Wildman–Crippen LogP) is -0.0682. The fourth-order valence-corrected chi connectivity index (χ4v) is 1.13. The van der Waals surface area contributed by atoms with Gasteiger partial charge in [-0.1, -0.05) is 0 Å². The summed E-state index contributed by atoms with van der Waals surface area (Å²) in [5.41, 5.74) is 3.58. The van der Waals surface area contributed by atoms with Gasteiger partial charge in [-0.25, -0.2) is 10.3 Å². The lowest BCUT2D eigenvalue weighted by Crippen LogP contribution is -2.14. The molecule has 0 fully saturated rings. The molecule has 0 aliphatic carbocycles. The third kappa shape index (κ3) is 6.41. The van der Waals surface area contributed by atoms with Crippen molar-refractivity contribution in [3.05, 3.63) is 35.5 Å². The van der Waals surface area contributed by atoms with Crippen molar-refractivity contribution < 1.29 is 33.2 Å². The summed E-state index contributed by atoms with van der Waals surface area (Å²) < 4.78 is 25.9. The predicted molar refractivity (Wildman–Crippen MR) is 67.3 cm³/mol. The van der Waals surface area contributed by atoms with Crippen LogP contribution in [-0.2, 0) is 10.1 Å². The molecule has 0 bridgehead atoms. The second kappa shape index (κ2) is 6.73. The van der Waals surface area contributed by atoms with Crippen LogP contribution in [0.25, 0.3) is 6.08 Å². The van der Waals surface area contributed by atoms with Gasteiger partial charge in [-0.15, -0.1) is 0 Å². The molecule has 0 saturated heterocycles. The van der Waals surface area contributed by atoms with Crippen molar-refractivity contribution in [1.29, 1.82) is 0 Å². The van der Waals surface area contributed by atoms with Gasteiger partial charge >= 0.3 is 5.97 Å². The molecule has 0 radical (unpaired) electrons. The van der Waals surface area contributed by atoms with Crippen LogP contribution >= 0.6 is 0 Å². The number of hydroxylamine groups is 1. The number of fused-ring (bicyclic) bond motifs is 1. The fourth-order valence-electron chi connectivity index (χ4n) is 1.13. The van der Waals surface area contributed by atoms with E-state index in [1.54, 1.807) is 24.4 Å². The van der Waals surface area contributed by atoms with Crippen molar-refractivity contribution in [3.8, 4) is 5.75 Å².